The van der Waals surface area contributed by atoms with Crippen LogP contribution in [0.1, 0.15) is 22.2 Å². The number of hydrogen-bond acceptors (Lipinski definition) is 4. The van der Waals surface area contributed by atoms with Crippen LogP contribution in [0.2, 0.25) is 5.02 Å². The van der Waals surface area contributed by atoms with Crippen LogP contribution >= 0.6 is 11.6 Å². The van der Waals surface area contributed by atoms with Gasteiger partial charge in [0, 0.05) is 13.2 Å². The van der Waals surface area contributed by atoms with Crippen molar-refractivity contribution in [3.63, 3.8) is 0 Å². The molecule has 2 aromatic heterocycles. The fraction of sp³-hybridized carbons (Fsp3) is 0.300. The third kappa shape index (κ3) is 3.10. The summed E-state index contributed by atoms with van der Waals surface area (Å²) in [7, 11) is 1.61. The molecular weight excluding hydrogens is 301 g/mol. The number of amides is 1. The van der Waals surface area contributed by atoms with Crippen molar-refractivity contribution in [2.75, 3.05) is 0 Å². The highest BCUT2D eigenvalue weighted by atomic mass is 35.5. The van der Waals surface area contributed by atoms with Gasteiger partial charge in [-0.1, -0.05) is 16.8 Å². The Balaban J connectivity index is 2.00. The standard InChI is InChI=1S/C10H8ClF3N4O2/c1-18-4-5(11)2-6(18)8(19)15-3-7-16-9(20-17-7)10(12,13)14/h2,4H,3H2,1H3,(H,15,19). The lowest BCUT2D eigenvalue weighted by atomic mass is 10.4. The lowest BCUT2D eigenvalue weighted by Gasteiger charge is -2.03. The lowest BCUT2D eigenvalue weighted by Crippen LogP contribution is -2.25. The van der Waals surface area contributed by atoms with E-state index in [0.29, 0.717) is 5.02 Å². The molecule has 10 heteroatoms. The van der Waals surface area contributed by atoms with E-state index in [1.54, 1.807) is 7.05 Å². The summed E-state index contributed by atoms with van der Waals surface area (Å²) in [6.45, 7) is -0.290. The Hall–Kier alpha value is -2.03. The van der Waals surface area contributed by atoms with Gasteiger partial charge < -0.3 is 14.4 Å². The van der Waals surface area contributed by atoms with Crippen molar-refractivity contribution in [3.8, 4) is 0 Å². The van der Waals surface area contributed by atoms with Gasteiger partial charge in [0.25, 0.3) is 5.91 Å². The number of nitrogens with zero attached hydrogens (tertiary/aromatic N) is 3. The smallest absolute Gasteiger partial charge is 0.345 e. The Kier molecular flexibility index (Phi) is 3.71. The van der Waals surface area contributed by atoms with Gasteiger partial charge in [0.1, 0.15) is 5.69 Å². The van der Waals surface area contributed by atoms with E-state index in [0.717, 1.165) is 0 Å². The van der Waals surface area contributed by atoms with Crippen LogP contribution in [-0.2, 0) is 19.8 Å². The number of carbonyl (C=O) groups is 1. The predicted octanol–water partition coefficient (Wildman–Crippen LogP) is 2.01. The topological polar surface area (TPSA) is 73.0 Å². The summed E-state index contributed by atoms with van der Waals surface area (Å²) in [5.41, 5.74) is 0.259. The molecule has 6 nitrogen and oxygen atoms in total. The van der Waals surface area contributed by atoms with Crippen LogP contribution in [0.4, 0.5) is 13.2 Å². The van der Waals surface area contributed by atoms with Gasteiger partial charge in [-0.05, 0) is 6.07 Å². The first-order valence-corrected chi connectivity index (χ1v) is 5.65. The number of rotatable bonds is 3. The van der Waals surface area contributed by atoms with Crippen molar-refractivity contribution in [1.29, 1.82) is 0 Å². The molecular formula is C10H8ClF3N4O2. The van der Waals surface area contributed by atoms with Gasteiger partial charge in [-0.15, -0.1) is 0 Å². The lowest BCUT2D eigenvalue weighted by molar-refractivity contribution is -0.159. The molecule has 0 aliphatic heterocycles. The first-order valence-electron chi connectivity index (χ1n) is 5.27. The zero-order valence-electron chi connectivity index (χ0n) is 10.0. The van der Waals surface area contributed by atoms with E-state index in [2.05, 4.69) is 20.0 Å². The minimum absolute atomic E-state index is 0.259. The van der Waals surface area contributed by atoms with E-state index >= 15 is 0 Å². The maximum absolute atomic E-state index is 12.2. The summed E-state index contributed by atoms with van der Waals surface area (Å²) in [6.07, 6.45) is -3.19. The van der Waals surface area contributed by atoms with Crippen LogP contribution in [0.5, 0.6) is 0 Å². The average molecular weight is 309 g/mol. The van der Waals surface area contributed by atoms with Crippen molar-refractivity contribution in [2.45, 2.75) is 12.7 Å². The molecule has 0 aromatic carbocycles. The van der Waals surface area contributed by atoms with Gasteiger partial charge in [0.2, 0.25) is 0 Å². The van der Waals surface area contributed by atoms with Crippen LogP contribution in [-0.4, -0.2) is 20.6 Å². The predicted molar refractivity (Wildman–Crippen MR) is 60.9 cm³/mol. The fourth-order valence-electron chi connectivity index (χ4n) is 1.44. The number of halogens is 4. The first kappa shape index (κ1) is 14.4. The number of alkyl halides is 3. The molecule has 2 aromatic rings. The van der Waals surface area contributed by atoms with E-state index in [4.69, 9.17) is 11.6 Å². The highest BCUT2D eigenvalue weighted by Gasteiger charge is 2.38. The minimum Gasteiger partial charge on any atom is -0.345 e. The molecule has 1 amide bonds. The molecule has 0 atom stereocenters. The molecule has 0 aliphatic rings. The van der Waals surface area contributed by atoms with Crippen LogP contribution < -0.4 is 5.32 Å². The molecule has 20 heavy (non-hydrogen) atoms. The number of aryl methyl sites for hydroxylation is 1. The van der Waals surface area contributed by atoms with Gasteiger partial charge in [-0.25, -0.2) is 0 Å². The minimum atomic E-state index is -4.71. The highest BCUT2D eigenvalue weighted by Crippen LogP contribution is 2.27. The van der Waals surface area contributed by atoms with E-state index in [1.165, 1.54) is 16.8 Å². The second kappa shape index (κ2) is 5.16. The molecule has 2 heterocycles. The molecule has 0 saturated heterocycles. The molecule has 0 bridgehead atoms. The van der Waals surface area contributed by atoms with Crippen molar-refractivity contribution in [1.82, 2.24) is 20.0 Å². The Bertz CT molecular complexity index is 635. The van der Waals surface area contributed by atoms with Crippen LogP contribution in [0, 0.1) is 0 Å². The summed E-state index contributed by atoms with van der Waals surface area (Å²) < 4.78 is 42.2. The summed E-state index contributed by atoms with van der Waals surface area (Å²) >= 11 is 5.71. The van der Waals surface area contributed by atoms with E-state index in [1.807, 2.05) is 0 Å². The van der Waals surface area contributed by atoms with Crippen LogP contribution in [0.25, 0.3) is 0 Å². The van der Waals surface area contributed by atoms with Gasteiger partial charge in [0.15, 0.2) is 5.82 Å². The molecule has 108 valence electrons. The molecule has 0 fully saturated rings. The molecule has 0 spiro atoms. The maximum Gasteiger partial charge on any atom is 0.471 e. The summed E-state index contributed by atoms with van der Waals surface area (Å²) in [4.78, 5) is 14.9. The zero-order valence-corrected chi connectivity index (χ0v) is 10.8. The number of nitrogens with one attached hydrogen (secondary N) is 1. The highest BCUT2D eigenvalue weighted by molar-refractivity contribution is 6.31. The second-order valence-corrected chi connectivity index (χ2v) is 4.29. The normalized spacial score (nSPS) is 11.7. The summed E-state index contributed by atoms with van der Waals surface area (Å²) in [6, 6.07) is 1.42. The molecule has 0 aliphatic carbocycles. The monoisotopic (exact) mass is 308 g/mol. The van der Waals surface area contributed by atoms with E-state index in [-0.39, 0.29) is 18.1 Å². The van der Waals surface area contributed by atoms with Gasteiger partial charge >= 0.3 is 12.1 Å². The molecule has 0 unspecified atom stereocenters. The van der Waals surface area contributed by atoms with Crippen LogP contribution in [0.15, 0.2) is 16.8 Å². The Morgan fingerprint density at radius 3 is 2.75 bits per heavy atom. The third-order valence-electron chi connectivity index (χ3n) is 2.32. The molecule has 0 radical (unpaired) electrons. The molecule has 2 rings (SSSR count). The molecule has 1 N–H and O–H groups in total. The molecule has 0 saturated carbocycles. The first-order chi connectivity index (χ1) is 9.27. The SMILES string of the molecule is Cn1cc(Cl)cc1C(=O)NCc1noc(C(F)(F)F)n1. The summed E-state index contributed by atoms with van der Waals surface area (Å²) in [5, 5.41) is 5.86. The number of carbonyl (C=O) groups excluding carboxylic acids is 1. The largest absolute Gasteiger partial charge is 0.471 e. The number of hydrogen-bond donors (Lipinski definition) is 1. The maximum atomic E-state index is 12.2. The Labute approximate surface area is 115 Å². The number of aromatic nitrogens is 3. The summed E-state index contributed by atoms with van der Waals surface area (Å²) in [5.74, 6) is -2.24. The second-order valence-electron chi connectivity index (χ2n) is 3.85. The average Bonchev–Trinajstić information content (AvgIpc) is 2.92. The third-order valence-corrected chi connectivity index (χ3v) is 2.53. The fourth-order valence-corrected chi connectivity index (χ4v) is 1.69. The van der Waals surface area contributed by atoms with Crippen molar-refractivity contribution >= 4 is 17.5 Å². The van der Waals surface area contributed by atoms with Gasteiger partial charge in [-0.2, -0.15) is 18.2 Å². The Morgan fingerprint density at radius 1 is 1.55 bits per heavy atom. The van der Waals surface area contributed by atoms with Crippen molar-refractivity contribution in [3.05, 3.63) is 34.7 Å². The van der Waals surface area contributed by atoms with Gasteiger partial charge in [-0.3, -0.25) is 4.79 Å². The van der Waals surface area contributed by atoms with E-state index in [9.17, 15) is 18.0 Å². The zero-order chi connectivity index (χ0) is 14.9. The van der Waals surface area contributed by atoms with Gasteiger partial charge in [0.05, 0.1) is 11.6 Å². The van der Waals surface area contributed by atoms with Crippen LogP contribution in [0.3, 0.4) is 0 Å². The Morgan fingerprint density at radius 2 is 2.25 bits per heavy atom. The van der Waals surface area contributed by atoms with E-state index < -0.39 is 18.0 Å². The quantitative estimate of drug-likeness (QED) is 0.941. The van der Waals surface area contributed by atoms with Crippen molar-refractivity contribution in [2.24, 2.45) is 7.05 Å². The van der Waals surface area contributed by atoms with Crippen molar-refractivity contribution < 1.29 is 22.5 Å².